The van der Waals surface area contributed by atoms with Crippen LogP contribution in [0.3, 0.4) is 0 Å². The molecule has 1 aliphatic carbocycles. The Bertz CT molecular complexity index is 1270. The van der Waals surface area contributed by atoms with E-state index in [1.165, 1.54) is 24.1 Å². The van der Waals surface area contributed by atoms with Gasteiger partial charge in [-0.3, -0.25) is 19.3 Å². The fourth-order valence-corrected chi connectivity index (χ4v) is 5.06. The van der Waals surface area contributed by atoms with E-state index in [1.54, 1.807) is 36.4 Å². The van der Waals surface area contributed by atoms with Gasteiger partial charge in [0, 0.05) is 17.8 Å². The first-order chi connectivity index (χ1) is 17.3. The van der Waals surface area contributed by atoms with Crippen molar-refractivity contribution in [2.75, 3.05) is 17.7 Å². The Morgan fingerprint density at radius 1 is 1.17 bits per heavy atom. The van der Waals surface area contributed by atoms with Gasteiger partial charge >= 0.3 is 0 Å². The van der Waals surface area contributed by atoms with E-state index in [0.29, 0.717) is 11.3 Å². The first-order valence-corrected chi connectivity index (χ1v) is 12.2. The zero-order valence-electron chi connectivity index (χ0n) is 19.6. The number of carbonyl (C=O) groups excluding carboxylic acids is 3. The quantitative estimate of drug-likeness (QED) is 0.363. The van der Waals surface area contributed by atoms with Gasteiger partial charge in [-0.2, -0.15) is 4.37 Å². The Labute approximate surface area is 212 Å². The van der Waals surface area contributed by atoms with Crippen LogP contribution in [0.5, 0.6) is 11.5 Å². The molecule has 11 heteroatoms. The number of ether oxygens (including phenoxy) is 1. The Balaban J connectivity index is 1.85. The minimum atomic E-state index is -1.12. The molecule has 1 fully saturated rings. The van der Waals surface area contributed by atoms with Crippen molar-refractivity contribution in [2.45, 2.75) is 37.8 Å². The number of hydrogen-bond donors (Lipinski definition) is 4. The minimum Gasteiger partial charge on any atom is -0.508 e. The van der Waals surface area contributed by atoms with Crippen LogP contribution in [0.1, 0.15) is 57.4 Å². The summed E-state index contributed by atoms with van der Waals surface area (Å²) >= 11 is 0.722. The number of nitrogens with zero attached hydrogens (tertiary/aromatic N) is 2. The molecule has 1 heterocycles. The summed E-state index contributed by atoms with van der Waals surface area (Å²) in [6, 6.07) is 11.7. The van der Waals surface area contributed by atoms with Gasteiger partial charge in [-0.05, 0) is 54.2 Å². The number of amides is 3. The topological polar surface area (TPSA) is 161 Å². The molecule has 4 rings (SSSR count). The summed E-state index contributed by atoms with van der Waals surface area (Å²) < 4.78 is 9.20. The molecule has 36 heavy (non-hydrogen) atoms. The maximum atomic E-state index is 14.0. The van der Waals surface area contributed by atoms with Crippen molar-refractivity contribution < 1.29 is 24.2 Å². The number of phenolic OH excluding ortho intramolecular Hbond substituents is 1. The number of phenols is 1. The molecule has 1 saturated carbocycles. The molecule has 2 aromatic carbocycles. The third-order valence-electron chi connectivity index (χ3n) is 6.12. The van der Waals surface area contributed by atoms with Crippen molar-refractivity contribution in [3.63, 3.8) is 0 Å². The van der Waals surface area contributed by atoms with Crippen molar-refractivity contribution in [3.8, 4) is 11.5 Å². The zero-order valence-corrected chi connectivity index (χ0v) is 20.5. The lowest BCUT2D eigenvalue weighted by atomic mass is 10.0. The Kier molecular flexibility index (Phi) is 7.39. The second-order valence-corrected chi connectivity index (χ2v) is 9.27. The minimum absolute atomic E-state index is 0.00526. The van der Waals surface area contributed by atoms with E-state index >= 15 is 0 Å². The zero-order chi connectivity index (χ0) is 25.8. The summed E-state index contributed by atoms with van der Waals surface area (Å²) in [7, 11) is 1.53. The molecule has 3 amide bonds. The maximum absolute atomic E-state index is 14.0. The second-order valence-electron chi connectivity index (χ2n) is 8.50. The van der Waals surface area contributed by atoms with E-state index < -0.39 is 17.9 Å². The van der Waals surface area contributed by atoms with Crippen LogP contribution in [0.4, 0.5) is 11.4 Å². The molecule has 1 atom stereocenters. The lowest BCUT2D eigenvalue weighted by molar-refractivity contribution is -0.123. The number of methoxy groups -OCH3 is 1. The molecule has 188 valence electrons. The predicted octanol–water partition coefficient (Wildman–Crippen LogP) is 2.99. The summed E-state index contributed by atoms with van der Waals surface area (Å²) in [4.78, 5) is 40.7. The number of hydrogen-bond acceptors (Lipinski definition) is 8. The molecule has 0 radical (unpaired) electrons. The van der Waals surface area contributed by atoms with Crippen molar-refractivity contribution in [1.29, 1.82) is 0 Å². The smallest absolute Gasteiger partial charge is 0.273 e. The molecular weight excluding hydrogens is 482 g/mol. The van der Waals surface area contributed by atoms with E-state index in [0.717, 1.165) is 37.2 Å². The molecular formula is C25H27N5O5S. The lowest BCUT2D eigenvalue weighted by Crippen LogP contribution is -2.46. The maximum Gasteiger partial charge on any atom is 0.273 e. The molecule has 0 aliphatic heterocycles. The van der Waals surface area contributed by atoms with Gasteiger partial charge in [0.05, 0.1) is 12.8 Å². The number of nitrogens with one attached hydrogen (secondary N) is 1. The molecule has 0 saturated heterocycles. The number of primary amides is 1. The van der Waals surface area contributed by atoms with Crippen LogP contribution in [0.2, 0.25) is 0 Å². The van der Waals surface area contributed by atoms with Crippen molar-refractivity contribution in [3.05, 3.63) is 64.7 Å². The van der Waals surface area contributed by atoms with E-state index in [1.807, 2.05) is 0 Å². The van der Waals surface area contributed by atoms with Crippen molar-refractivity contribution in [2.24, 2.45) is 5.73 Å². The lowest BCUT2D eigenvalue weighted by Gasteiger charge is -2.32. The Morgan fingerprint density at radius 2 is 1.86 bits per heavy atom. The predicted molar refractivity (Wildman–Crippen MR) is 136 cm³/mol. The fourth-order valence-electron chi connectivity index (χ4n) is 4.32. The normalized spacial score (nSPS) is 14.2. The van der Waals surface area contributed by atoms with Gasteiger partial charge in [-0.15, -0.1) is 0 Å². The number of aromatic nitrogens is 1. The van der Waals surface area contributed by atoms with Crippen LogP contribution in [0.25, 0.3) is 0 Å². The number of aromatic hydroxyl groups is 1. The highest BCUT2D eigenvalue weighted by Crippen LogP contribution is 2.35. The van der Waals surface area contributed by atoms with Crippen molar-refractivity contribution in [1.82, 2.24) is 9.69 Å². The first-order valence-electron chi connectivity index (χ1n) is 11.4. The van der Waals surface area contributed by atoms with E-state index in [2.05, 4.69) is 9.69 Å². The van der Waals surface area contributed by atoms with Gasteiger partial charge in [0.2, 0.25) is 5.91 Å². The van der Waals surface area contributed by atoms with E-state index in [-0.39, 0.29) is 39.6 Å². The standard InChI is InChI=1S/C25H27N5O5S/c1-35-18-11-9-14(10-12-18)21(24(33)28-15-5-2-3-6-15)30(16-7-4-8-17(31)13-16)25(34)22-19(26)20(23(27)32)29-36-22/h4,7-13,15,21,31H,2-3,5-6,26H2,1H3,(H2,27,32)(H,28,33)/t21-/m1/s1. The van der Waals surface area contributed by atoms with Crippen LogP contribution < -0.4 is 26.4 Å². The number of rotatable bonds is 8. The largest absolute Gasteiger partial charge is 0.508 e. The molecule has 1 aliphatic rings. The average molecular weight is 510 g/mol. The summed E-state index contributed by atoms with van der Waals surface area (Å²) in [5.74, 6) is -1.42. The monoisotopic (exact) mass is 509 g/mol. The molecule has 0 unspecified atom stereocenters. The van der Waals surface area contributed by atoms with Crippen LogP contribution in [0, 0.1) is 0 Å². The number of anilines is 2. The SMILES string of the molecule is COc1ccc([C@H](C(=O)NC2CCCC2)N(C(=O)c2snc(C(N)=O)c2N)c2cccc(O)c2)cc1. The number of carbonyl (C=O) groups is 3. The molecule has 3 aromatic rings. The van der Waals surface area contributed by atoms with Crippen LogP contribution in [-0.4, -0.2) is 40.4 Å². The average Bonchev–Trinajstić information content (AvgIpc) is 3.51. The van der Waals surface area contributed by atoms with Gasteiger partial charge in [0.1, 0.15) is 22.4 Å². The number of nitrogens with two attached hydrogens (primary N) is 2. The van der Waals surface area contributed by atoms with Crippen LogP contribution >= 0.6 is 11.5 Å². The number of benzene rings is 2. The molecule has 0 spiro atoms. The van der Waals surface area contributed by atoms with Crippen molar-refractivity contribution >= 4 is 40.6 Å². The highest BCUT2D eigenvalue weighted by atomic mass is 32.1. The Hall–Kier alpha value is -4.12. The van der Waals surface area contributed by atoms with Crippen LogP contribution in [-0.2, 0) is 4.79 Å². The van der Waals surface area contributed by atoms with Gasteiger partial charge in [0.15, 0.2) is 5.69 Å². The van der Waals surface area contributed by atoms with Gasteiger partial charge in [0.25, 0.3) is 11.8 Å². The fraction of sp³-hybridized carbons (Fsp3) is 0.280. The summed E-state index contributed by atoms with van der Waals surface area (Å²) in [6.45, 7) is 0. The number of nitrogen functional groups attached to an aromatic ring is 1. The van der Waals surface area contributed by atoms with E-state index in [9.17, 15) is 19.5 Å². The van der Waals surface area contributed by atoms with Gasteiger partial charge in [-0.25, -0.2) is 0 Å². The Morgan fingerprint density at radius 3 is 2.44 bits per heavy atom. The molecule has 0 bridgehead atoms. The first kappa shape index (κ1) is 25.0. The highest BCUT2D eigenvalue weighted by molar-refractivity contribution is 7.09. The highest BCUT2D eigenvalue weighted by Gasteiger charge is 2.37. The van der Waals surface area contributed by atoms with Gasteiger partial charge < -0.3 is 26.6 Å². The third kappa shape index (κ3) is 5.10. The molecule has 6 N–H and O–H groups in total. The van der Waals surface area contributed by atoms with Gasteiger partial charge in [-0.1, -0.05) is 31.0 Å². The summed E-state index contributed by atoms with van der Waals surface area (Å²) in [6.07, 6.45) is 3.73. The van der Waals surface area contributed by atoms with Crippen LogP contribution in [0.15, 0.2) is 48.5 Å². The summed E-state index contributed by atoms with van der Waals surface area (Å²) in [5, 5.41) is 13.3. The molecule has 10 nitrogen and oxygen atoms in total. The van der Waals surface area contributed by atoms with E-state index in [4.69, 9.17) is 16.2 Å². The second kappa shape index (κ2) is 10.6. The summed E-state index contributed by atoms with van der Waals surface area (Å²) in [5.41, 5.74) is 11.8. The third-order valence-corrected chi connectivity index (χ3v) is 6.97. The molecule has 1 aromatic heterocycles.